The summed E-state index contributed by atoms with van der Waals surface area (Å²) in [6, 6.07) is 6.53. The van der Waals surface area contributed by atoms with Gasteiger partial charge in [-0.1, -0.05) is 11.6 Å². The summed E-state index contributed by atoms with van der Waals surface area (Å²) in [5.74, 6) is -1.03. The van der Waals surface area contributed by atoms with Crippen LogP contribution >= 0.6 is 11.6 Å². The van der Waals surface area contributed by atoms with Crippen LogP contribution in [-0.4, -0.2) is 54.0 Å². The summed E-state index contributed by atoms with van der Waals surface area (Å²) in [6.45, 7) is 8.00. The number of benzene rings is 1. The Bertz CT molecular complexity index is 680. The maximum absolute atomic E-state index is 12.2. The number of rotatable bonds is 7. The van der Waals surface area contributed by atoms with Gasteiger partial charge in [-0.25, -0.2) is 4.79 Å². The lowest BCUT2D eigenvalue weighted by atomic mass is 10.1. The fourth-order valence-electron chi connectivity index (χ4n) is 2.01. The molecule has 1 aromatic carbocycles. The Hall–Kier alpha value is -2.28. The average Bonchev–Trinajstić information content (AvgIpc) is 2.52. The Morgan fingerprint density at radius 3 is 2.15 bits per heavy atom. The molecular formula is C19H27ClN2O5. The fraction of sp³-hybridized carbons (Fsp3) is 0.526. The van der Waals surface area contributed by atoms with E-state index in [4.69, 9.17) is 21.1 Å². The molecule has 0 spiro atoms. The number of amides is 2. The van der Waals surface area contributed by atoms with Gasteiger partial charge in [-0.2, -0.15) is 0 Å². The predicted molar refractivity (Wildman–Crippen MR) is 103 cm³/mol. The van der Waals surface area contributed by atoms with Gasteiger partial charge in [-0.3, -0.25) is 9.59 Å². The summed E-state index contributed by atoms with van der Waals surface area (Å²) in [5.41, 5.74) is -1.69. The first-order chi connectivity index (χ1) is 12.3. The highest BCUT2D eigenvalue weighted by atomic mass is 35.5. The van der Waals surface area contributed by atoms with Crippen molar-refractivity contribution in [1.82, 2.24) is 10.2 Å². The second-order valence-electron chi connectivity index (χ2n) is 7.69. The van der Waals surface area contributed by atoms with E-state index in [0.717, 1.165) is 0 Å². The monoisotopic (exact) mass is 398 g/mol. The molecular weight excluding hydrogens is 372 g/mol. The lowest BCUT2D eigenvalue weighted by Gasteiger charge is -2.25. The molecule has 0 atom stereocenters. The van der Waals surface area contributed by atoms with Gasteiger partial charge < -0.3 is 19.7 Å². The molecule has 1 aromatic rings. The standard InChI is InChI=1S/C19H27ClN2O5/c1-18(2,3)21-15(23)11-22(6)16(24)12-26-17(25)19(4,5)27-14-9-7-13(20)8-10-14/h7-10H,11-12H2,1-6H3,(H,21,23). The molecule has 150 valence electrons. The Balaban J connectivity index is 2.52. The Labute approximate surface area is 165 Å². The number of halogens is 1. The quantitative estimate of drug-likeness (QED) is 0.713. The number of hydrogen-bond acceptors (Lipinski definition) is 5. The van der Waals surface area contributed by atoms with E-state index in [2.05, 4.69) is 5.32 Å². The SMILES string of the molecule is CN(CC(=O)NC(C)(C)C)C(=O)COC(=O)C(C)(C)Oc1ccc(Cl)cc1. The summed E-state index contributed by atoms with van der Waals surface area (Å²) in [4.78, 5) is 37.4. The third kappa shape index (κ3) is 8.30. The van der Waals surface area contributed by atoms with Crippen LogP contribution in [0.1, 0.15) is 34.6 Å². The van der Waals surface area contributed by atoms with Gasteiger partial charge in [0.15, 0.2) is 12.2 Å². The van der Waals surface area contributed by atoms with Crippen LogP contribution in [0, 0.1) is 0 Å². The lowest BCUT2D eigenvalue weighted by Crippen LogP contribution is -2.47. The predicted octanol–water partition coefficient (Wildman–Crippen LogP) is 2.41. The number of carbonyl (C=O) groups excluding carboxylic acids is 3. The lowest BCUT2D eigenvalue weighted by molar-refractivity contribution is -0.163. The van der Waals surface area contributed by atoms with E-state index in [9.17, 15) is 14.4 Å². The molecule has 1 N–H and O–H groups in total. The summed E-state index contributed by atoms with van der Waals surface area (Å²) in [6.07, 6.45) is 0. The van der Waals surface area contributed by atoms with Crippen LogP contribution in [-0.2, 0) is 19.1 Å². The number of nitrogens with zero attached hydrogens (tertiary/aromatic N) is 1. The molecule has 0 aliphatic heterocycles. The molecule has 0 fully saturated rings. The highest BCUT2D eigenvalue weighted by Gasteiger charge is 2.32. The smallest absolute Gasteiger partial charge is 0.350 e. The summed E-state index contributed by atoms with van der Waals surface area (Å²) in [7, 11) is 1.47. The molecule has 0 aliphatic carbocycles. The summed E-state index contributed by atoms with van der Waals surface area (Å²) in [5, 5.41) is 3.30. The van der Waals surface area contributed by atoms with Crippen molar-refractivity contribution in [2.24, 2.45) is 0 Å². The number of hydrogen-bond donors (Lipinski definition) is 1. The maximum atomic E-state index is 12.2. The van der Waals surface area contributed by atoms with Crippen molar-refractivity contribution in [2.45, 2.75) is 45.8 Å². The van der Waals surface area contributed by atoms with E-state index in [1.54, 1.807) is 24.3 Å². The summed E-state index contributed by atoms with van der Waals surface area (Å²) < 4.78 is 10.7. The van der Waals surface area contributed by atoms with Gasteiger partial charge in [0.1, 0.15) is 5.75 Å². The van der Waals surface area contributed by atoms with Crippen molar-refractivity contribution in [3.05, 3.63) is 29.3 Å². The van der Waals surface area contributed by atoms with Crippen molar-refractivity contribution in [1.29, 1.82) is 0 Å². The van der Waals surface area contributed by atoms with Gasteiger partial charge in [-0.15, -0.1) is 0 Å². The first-order valence-corrected chi connectivity index (χ1v) is 8.85. The number of ether oxygens (including phenoxy) is 2. The minimum absolute atomic E-state index is 0.127. The highest BCUT2D eigenvalue weighted by Crippen LogP contribution is 2.21. The van der Waals surface area contributed by atoms with Crippen molar-refractivity contribution >= 4 is 29.4 Å². The largest absolute Gasteiger partial charge is 0.476 e. The molecule has 0 heterocycles. The van der Waals surface area contributed by atoms with Crippen LogP contribution < -0.4 is 10.1 Å². The minimum Gasteiger partial charge on any atom is -0.476 e. The maximum Gasteiger partial charge on any atom is 0.350 e. The number of nitrogens with one attached hydrogen (secondary N) is 1. The average molecular weight is 399 g/mol. The zero-order chi connectivity index (χ0) is 20.8. The van der Waals surface area contributed by atoms with Gasteiger partial charge in [0.25, 0.3) is 5.91 Å². The molecule has 0 aromatic heterocycles. The molecule has 2 amide bonds. The normalized spacial score (nSPS) is 11.5. The molecule has 8 heteroatoms. The zero-order valence-electron chi connectivity index (χ0n) is 16.6. The molecule has 1 rings (SSSR count). The topological polar surface area (TPSA) is 84.9 Å². The number of carbonyl (C=O) groups is 3. The third-order valence-electron chi connectivity index (χ3n) is 3.33. The molecule has 0 aliphatic rings. The Kier molecular flexibility index (Phi) is 7.65. The third-order valence-corrected chi connectivity index (χ3v) is 3.58. The number of likely N-dealkylation sites (N-methyl/N-ethyl adjacent to an activating group) is 1. The first-order valence-electron chi connectivity index (χ1n) is 8.47. The first kappa shape index (κ1) is 22.8. The van der Waals surface area contributed by atoms with Crippen molar-refractivity contribution in [3.63, 3.8) is 0 Å². The van der Waals surface area contributed by atoms with E-state index in [1.165, 1.54) is 25.8 Å². The summed E-state index contributed by atoms with van der Waals surface area (Å²) >= 11 is 5.81. The molecule has 7 nitrogen and oxygen atoms in total. The Morgan fingerprint density at radius 1 is 1.07 bits per heavy atom. The zero-order valence-corrected chi connectivity index (χ0v) is 17.3. The molecule has 27 heavy (non-hydrogen) atoms. The van der Waals surface area contributed by atoms with E-state index >= 15 is 0 Å². The molecule has 0 unspecified atom stereocenters. The van der Waals surface area contributed by atoms with Crippen LogP contribution in [0.25, 0.3) is 0 Å². The minimum atomic E-state index is -1.30. The van der Waals surface area contributed by atoms with Crippen molar-refractivity contribution in [2.75, 3.05) is 20.2 Å². The van der Waals surface area contributed by atoms with E-state index < -0.39 is 29.6 Å². The van der Waals surface area contributed by atoms with Gasteiger partial charge in [-0.05, 0) is 58.9 Å². The second-order valence-corrected chi connectivity index (χ2v) is 8.13. The van der Waals surface area contributed by atoms with Crippen LogP contribution in [0.3, 0.4) is 0 Å². The van der Waals surface area contributed by atoms with Crippen LogP contribution in [0.5, 0.6) is 5.75 Å². The van der Waals surface area contributed by atoms with Gasteiger partial charge in [0.05, 0.1) is 6.54 Å². The fourth-order valence-corrected chi connectivity index (χ4v) is 2.14. The van der Waals surface area contributed by atoms with E-state index in [1.807, 2.05) is 20.8 Å². The molecule has 0 bridgehead atoms. The molecule has 0 saturated heterocycles. The van der Waals surface area contributed by atoms with Gasteiger partial charge in [0, 0.05) is 17.6 Å². The van der Waals surface area contributed by atoms with Crippen LogP contribution in [0.4, 0.5) is 0 Å². The molecule has 0 radical (unpaired) electrons. The van der Waals surface area contributed by atoms with Crippen molar-refractivity contribution < 1.29 is 23.9 Å². The van der Waals surface area contributed by atoms with Crippen molar-refractivity contribution in [3.8, 4) is 5.75 Å². The Morgan fingerprint density at radius 2 is 1.63 bits per heavy atom. The van der Waals surface area contributed by atoms with Crippen LogP contribution in [0.15, 0.2) is 24.3 Å². The van der Waals surface area contributed by atoms with E-state index in [0.29, 0.717) is 10.8 Å². The number of esters is 1. The van der Waals surface area contributed by atoms with Crippen LogP contribution in [0.2, 0.25) is 5.02 Å². The molecule has 0 saturated carbocycles. The van der Waals surface area contributed by atoms with E-state index in [-0.39, 0.29) is 12.5 Å². The highest BCUT2D eigenvalue weighted by molar-refractivity contribution is 6.30. The van der Waals surface area contributed by atoms with Gasteiger partial charge >= 0.3 is 5.97 Å². The van der Waals surface area contributed by atoms with Gasteiger partial charge in [0.2, 0.25) is 5.91 Å². The second kappa shape index (κ2) is 9.08.